The van der Waals surface area contributed by atoms with Crippen LogP contribution >= 0.6 is 0 Å². The van der Waals surface area contributed by atoms with Crippen molar-refractivity contribution < 1.29 is 18.7 Å². The Morgan fingerprint density at radius 3 is 2.22 bits per heavy atom. The highest BCUT2D eigenvalue weighted by atomic mass is 28.4. The lowest BCUT2D eigenvalue weighted by Crippen LogP contribution is -2.55. The highest BCUT2D eigenvalue weighted by Crippen LogP contribution is 2.66. The summed E-state index contributed by atoms with van der Waals surface area (Å²) >= 11 is 0. The molecule has 3 saturated carbocycles. The van der Waals surface area contributed by atoms with Crippen molar-refractivity contribution in [2.24, 2.45) is 28.6 Å². The van der Waals surface area contributed by atoms with E-state index in [9.17, 15) is 4.79 Å². The summed E-state index contributed by atoms with van der Waals surface area (Å²) in [6.45, 7) is 21.7. The first-order valence-electron chi connectivity index (χ1n) is 12.9. The van der Waals surface area contributed by atoms with Crippen molar-refractivity contribution in [1.29, 1.82) is 0 Å². The van der Waals surface area contributed by atoms with Crippen LogP contribution in [-0.4, -0.2) is 39.2 Å². The molecule has 4 unspecified atom stereocenters. The molecule has 4 nitrogen and oxygen atoms in total. The lowest BCUT2D eigenvalue weighted by atomic mass is 9.51. The third-order valence-electron chi connectivity index (χ3n) is 10.5. The summed E-state index contributed by atoms with van der Waals surface area (Å²) in [6, 6.07) is 0. The van der Waals surface area contributed by atoms with Gasteiger partial charge in [-0.05, 0) is 68.0 Å². The molecule has 4 rings (SSSR count). The summed E-state index contributed by atoms with van der Waals surface area (Å²) in [4.78, 5) is 13.7. The maximum atomic E-state index is 13.7. The molecule has 6 atom stereocenters. The quantitative estimate of drug-likeness (QED) is 0.353. The first-order chi connectivity index (χ1) is 14.8. The van der Waals surface area contributed by atoms with Crippen LogP contribution in [0.2, 0.25) is 18.1 Å². The van der Waals surface area contributed by atoms with Crippen molar-refractivity contribution in [3.8, 4) is 0 Å². The topological polar surface area (TPSA) is 44.8 Å². The van der Waals surface area contributed by atoms with Gasteiger partial charge >= 0.3 is 0 Å². The minimum atomic E-state index is -1.87. The van der Waals surface area contributed by atoms with Gasteiger partial charge in [0.1, 0.15) is 5.78 Å². The third-order valence-corrected chi connectivity index (χ3v) is 15.1. The molecule has 1 heterocycles. The molecule has 0 amide bonds. The number of Topliss-reactive ketones (excluding diaryl/α,β-unsaturated/α-hetero) is 1. The van der Waals surface area contributed by atoms with Crippen molar-refractivity contribution in [1.82, 2.24) is 0 Å². The number of carbonyl (C=O) groups excluding carboxylic acids is 1. The van der Waals surface area contributed by atoms with E-state index in [1.807, 2.05) is 0 Å². The van der Waals surface area contributed by atoms with Gasteiger partial charge in [-0.3, -0.25) is 4.79 Å². The second kappa shape index (κ2) is 8.03. The Hall–Kier alpha value is -0.493. The van der Waals surface area contributed by atoms with Crippen molar-refractivity contribution >= 4 is 14.1 Å². The molecule has 0 radical (unpaired) electrons. The Morgan fingerprint density at radius 2 is 1.66 bits per heavy atom. The summed E-state index contributed by atoms with van der Waals surface area (Å²) in [5.74, 6) is 1.17. The van der Waals surface area contributed by atoms with Crippen LogP contribution in [0.15, 0.2) is 12.7 Å². The molecule has 4 fully saturated rings. The number of hydrogen-bond acceptors (Lipinski definition) is 4. The first-order valence-corrected chi connectivity index (χ1v) is 15.8. The predicted octanol–water partition coefficient (Wildman–Crippen LogP) is 6.51. The van der Waals surface area contributed by atoms with Gasteiger partial charge in [-0.25, -0.2) is 0 Å². The van der Waals surface area contributed by atoms with Gasteiger partial charge in [-0.15, -0.1) is 6.58 Å². The maximum absolute atomic E-state index is 13.7. The molecule has 182 valence electrons. The van der Waals surface area contributed by atoms with Crippen LogP contribution in [0.4, 0.5) is 0 Å². The summed E-state index contributed by atoms with van der Waals surface area (Å²) in [7, 11) is -1.87. The predicted molar refractivity (Wildman–Crippen MR) is 131 cm³/mol. The van der Waals surface area contributed by atoms with Gasteiger partial charge in [-0.1, -0.05) is 40.7 Å². The minimum Gasteiger partial charge on any atom is -0.413 e. The van der Waals surface area contributed by atoms with Crippen molar-refractivity contribution in [3.05, 3.63) is 12.7 Å². The fraction of sp³-hybridized carbons (Fsp3) is 0.889. The van der Waals surface area contributed by atoms with Gasteiger partial charge in [-0.2, -0.15) is 0 Å². The number of allylic oxidation sites excluding steroid dienone is 1. The zero-order valence-corrected chi connectivity index (χ0v) is 22.6. The minimum absolute atomic E-state index is 0.0148. The molecule has 3 aliphatic carbocycles. The summed E-state index contributed by atoms with van der Waals surface area (Å²) in [6.07, 6.45) is 8.94. The van der Waals surface area contributed by atoms with Crippen LogP contribution in [0, 0.1) is 28.6 Å². The molecule has 1 aliphatic heterocycles. The zero-order valence-electron chi connectivity index (χ0n) is 21.6. The van der Waals surface area contributed by atoms with E-state index >= 15 is 0 Å². The van der Waals surface area contributed by atoms with Crippen LogP contribution in [0.3, 0.4) is 0 Å². The van der Waals surface area contributed by atoms with E-state index in [4.69, 9.17) is 13.9 Å². The SMILES string of the molecule is C=CC1C([C@@]2(C)CCC(O[Si](C)(C)C(C)(C)C)CC2=O)CC[C@@]2(C)C1CCC21OCCO1. The van der Waals surface area contributed by atoms with E-state index in [1.54, 1.807) is 0 Å². The fourth-order valence-electron chi connectivity index (χ4n) is 7.38. The Kier molecular flexibility index (Phi) is 6.18. The van der Waals surface area contributed by atoms with Crippen molar-refractivity contribution in [2.45, 2.75) is 110 Å². The number of ether oxygens (including phenoxy) is 2. The molecule has 32 heavy (non-hydrogen) atoms. The van der Waals surface area contributed by atoms with Crippen molar-refractivity contribution in [2.75, 3.05) is 13.2 Å². The smallest absolute Gasteiger partial charge is 0.192 e. The maximum Gasteiger partial charge on any atom is 0.192 e. The standard InChI is InChI=1S/C27H46O4Si/c1-9-20-21(11-14-26(6)22(20)12-15-27(26)29-16-17-30-27)25(5)13-10-19(18-23(25)28)31-32(7,8)24(2,3)4/h9,19-22H,1,10-18H2,2-8H3/t19?,20?,21?,22?,25-,26+/m1/s1. The number of rotatable bonds is 4. The Morgan fingerprint density at radius 1 is 1.03 bits per heavy atom. The molecule has 5 heteroatoms. The first kappa shape index (κ1) is 24.6. The lowest BCUT2D eigenvalue weighted by molar-refractivity contribution is -0.239. The second-order valence-corrected chi connectivity index (χ2v) is 17.8. The molecule has 1 spiro atoms. The average Bonchev–Trinajstić information content (AvgIpc) is 3.29. The second-order valence-electron chi connectivity index (χ2n) is 13.1. The Labute approximate surface area is 197 Å². The summed E-state index contributed by atoms with van der Waals surface area (Å²) in [5.41, 5.74) is -0.262. The fourth-order valence-corrected chi connectivity index (χ4v) is 8.77. The Bertz CT molecular complexity index is 749. The number of ketones is 1. The lowest BCUT2D eigenvalue weighted by Gasteiger charge is -2.55. The van der Waals surface area contributed by atoms with E-state index in [-0.39, 0.29) is 22.0 Å². The van der Waals surface area contributed by atoms with Crippen LogP contribution < -0.4 is 0 Å². The highest BCUT2D eigenvalue weighted by Gasteiger charge is 2.66. The monoisotopic (exact) mass is 462 g/mol. The van der Waals surface area contributed by atoms with Gasteiger partial charge in [0.05, 0.1) is 19.3 Å². The van der Waals surface area contributed by atoms with Gasteiger partial charge in [0.25, 0.3) is 0 Å². The van der Waals surface area contributed by atoms with Crippen LogP contribution in [-0.2, 0) is 18.7 Å². The highest BCUT2D eigenvalue weighted by molar-refractivity contribution is 6.74. The molecule has 0 N–H and O–H groups in total. The van der Waals surface area contributed by atoms with E-state index in [0.29, 0.717) is 43.2 Å². The normalized spacial score (nSPS) is 42.3. The van der Waals surface area contributed by atoms with Crippen LogP contribution in [0.1, 0.15) is 79.6 Å². The van der Waals surface area contributed by atoms with E-state index < -0.39 is 14.1 Å². The zero-order chi connectivity index (χ0) is 23.6. The molecule has 4 aliphatic rings. The molecular weight excluding hydrogens is 416 g/mol. The van der Waals surface area contributed by atoms with Crippen LogP contribution in [0.5, 0.6) is 0 Å². The number of hydrogen-bond donors (Lipinski definition) is 0. The summed E-state index contributed by atoms with van der Waals surface area (Å²) in [5, 5.41) is 0.168. The molecule has 0 aromatic carbocycles. The van der Waals surface area contributed by atoms with E-state index in [0.717, 1.165) is 38.5 Å². The largest absolute Gasteiger partial charge is 0.413 e. The molecule has 0 bridgehead atoms. The van der Waals surface area contributed by atoms with Gasteiger partial charge in [0, 0.05) is 23.7 Å². The Balaban J connectivity index is 1.51. The van der Waals surface area contributed by atoms with Crippen molar-refractivity contribution in [3.63, 3.8) is 0 Å². The number of carbonyl (C=O) groups is 1. The number of fused-ring (bicyclic) bond motifs is 2. The molecule has 0 aromatic rings. The van der Waals surface area contributed by atoms with E-state index in [2.05, 4.69) is 60.4 Å². The summed E-state index contributed by atoms with van der Waals surface area (Å²) < 4.78 is 19.2. The van der Waals surface area contributed by atoms with Crippen LogP contribution in [0.25, 0.3) is 0 Å². The molecular formula is C27H46O4Si. The van der Waals surface area contributed by atoms with Gasteiger partial charge in [0.2, 0.25) is 0 Å². The van der Waals surface area contributed by atoms with Gasteiger partial charge < -0.3 is 13.9 Å². The third kappa shape index (κ3) is 3.61. The average molecular weight is 463 g/mol. The van der Waals surface area contributed by atoms with E-state index in [1.165, 1.54) is 0 Å². The molecule has 0 aromatic heterocycles. The molecule has 1 saturated heterocycles. The van der Waals surface area contributed by atoms with Gasteiger partial charge in [0.15, 0.2) is 14.1 Å².